The fourth-order valence-electron chi connectivity index (χ4n) is 2.29. The summed E-state index contributed by atoms with van der Waals surface area (Å²) in [6.07, 6.45) is 1.67. The van der Waals surface area contributed by atoms with E-state index in [4.69, 9.17) is 5.41 Å². The van der Waals surface area contributed by atoms with Gasteiger partial charge in [0.25, 0.3) is 0 Å². The molecule has 2 aliphatic heterocycles. The van der Waals surface area contributed by atoms with E-state index in [1.807, 2.05) is 30.3 Å². The van der Waals surface area contributed by atoms with Crippen LogP contribution in [0.25, 0.3) is 0 Å². The molecule has 7 heteroatoms. The Hall–Kier alpha value is -1.34. The molecule has 2 aliphatic rings. The molecule has 2 unspecified atom stereocenters. The van der Waals surface area contributed by atoms with Gasteiger partial charge in [-0.15, -0.1) is 0 Å². The first kappa shape index (κ1) is 12.7. The van der Waals surface area contributed by atoms with Crippen LogP contribution in [0.5, 0.6) is 0 Å². The highest BCUT2D eigenvalue weighted by Gasteiger charge is 2.48. The van der Waals surface area contributed by atoms with Crippen molar-refractivity contribution >= 4 is 33.0 Å². The Morgan fingerprint density at radius 1 is 1.32 bits per heavy atom. The molecular formula is C12H13N3O2S2. The van der Waals surface area contributed by atoms with Crippen LogP contribution in [0.2, 0.25) is 0 Å². The van der Waals surface area contributed by atoms with Crippen LogP contribution in [0.4, 0.5) is 0 Å². The van der Waals surface area contributed by atoms with Gasteiger partial charge in [-0.1, -0.05) is 42.1 Å². The Labute approximate surface area is 116 Å². The van der Waals surface area contributed by atoms with Crippen LogP contribution in [-0.4, -0.2) is 47.6 Å². The maximum absolute atomic E-state index is 11.6. The van der Waals surface area contributed by atoms with Crippen molar-refractivity contribution in [1.29, 1.82) is 5.41 Å². The molecule has 19 heavy (non-hydrogen) atoms. The maximum atomic E-state index is 11.6. The number of rotatable bonds is 2. The zero-order chi connectivity index (χ0) is 13.5. The summed E-state index contributed by atoms with van der Waals surface area (Å²) < 4.78 is 23.2. The first-order chi connectivity index (χ1) is 9.05. The summed E-state index contributed by atoms with van der Waals surface area (Å²) in [4.78, 5) is 0. The highest BCUT2D eigenvalue weighted by atomic mass is 32.2. The number of fused-ring (bicyclic) bond motifs is 1. The predicted octanol–water partition coefficient (Wildman–Crippen LogP) is 1.17. The Bertz CT molecular complexity index is 628. The van der Waals surface area contributed by atoms with Gasteiger partial charge in [-0.25, -0.2) is 13.4 Å². The van der Waals surface area contributed by atoms with E-state index in [-0.39, 0.29) is 22.8 Å². The third kappa shape index (κ3) is 2.52. The number of thioether (sulfide) groups is 1. The smallest absolute Gasteiger partial charge is 0.177 e. The molecule has 0 aromatic heterocycles. The van der Waals surface area contributed by atoms with Gasteiger partial charge in [0.05, 0.1) is 23.8 Å². The molecule has 1 aromatic rings. The lowest BCUT2D eigenvalue weighted by Gasteiger charge is -2.17. The van der Waals surface area contributed by atoms with E-state index in [1.54, 1.807) is 6.21 Å². The molecule has 100 valence electrons. The van der Waals surface area contributed by atoms with Crippen molar-refractivity contribution in [3.63, 3.8) is 0 Å². The van der Waals surface area contributed by atoms with E-state index in [0.29, 0.717) is 5.17 Å². The highest BCUT2D eigenvalue weighted by Crippen LogP contribution is 2.37. The van der Waals surface area contributed by atoms with E-state index < -0.39 is 9.84 Å². The van der Waals surface area contributed by atoms with Crippen molar-refractivity contribution in [3.8, 4) is 0 Å². The van der Waals surface area contributed by atoms with Crippen molar-refractivity contribution in [2.45, 2.75) is 11.3 Å². The van der Waals surface area contributed by atoms with Gasteiger partial charge in [0, 0.05) is 5.25 Å². The highest BCUT2D eigenvalue weighted by molar-refractivity contribution is 8.15. The van der Waals surface area contributed by atoms with E-state index in [1.165, 1.54) is 16.8 Å². The van der Waals surface area contributed by atoms with Crippen LogP contribution in [0.1, 0.15) is 5.56 Å². The number of benzene rings is 1. The number of sulfone groups is 1. The average molecular weight is 295 g/mol. The Morgan fingerprint density at radius 2 is 2.05 bits per heavy atom. The summed E-state index contributed by atoms with van der Waals surface area (Å²) in [5, 5.41) is 14.0. The minimum Gasteiger partial charge on any atom is -0.277 e. The van der Waals surface area contributed by atoms with Crippen molar-refractivity contribution in [1.82, 2.24) is 5.01 Å². The zero-order valence-electron chi connectivity index (χ0n) is 10.1. The summed E-state index contributed by atoms with van der Waals surface area (Å²) >= 11 is 1.30. The van der Waals surface area contributed by atoms with E-state index in [9.17, 15) is 8.42 Å². The fraction of sp³-hybridized carbons (Fsp3) is 0.333. The molecule has 0 spiro atoms. The lowest BCUT2D eigenvalue weighted by molar-refractivity contribution is 0.376. The summed E-state index contributed by atoms with van der Waals surface area (Å²) in [5.41, 5.74) is 0.935. The van der Waals surface area contributed by atoms with Gasteiger partial charge in [-0.2, -0.15) is 5.10 Å². The van der Waals surface area contributed by atoms with Crippen molar-refractivity contribution in [2.24, 2.45) is 5.10 Å². The quantitative estimate of drug-likeness (QED) is 0.831. The van der Waals surface area contributed by atoms with Gasteiger partial charge < -0.3 is 0 Å². The van der Waals surface area contributed by atoms with Gasteiger partial charge >= 0.3 is 0 Å². The number of nitrogens with one attached hydrogen (secondary N) is 1. The SMILES string of the molecule is N=C1SC2CS(=O)(=O)CC2N1N=Cc1ccccc1. The second kappa shape index (κ2) is 4.64. The van der Waals surface area contributed by atoms with Gasteiger partial charge in [0.2, 0.25) is 0 Å². The summed E-state index contributed by atoms with van der Waals surface area (Å²) in [5.74, 6) is 0.251. The molecule has 1 aromatic carbocycles. The topological polar surface area (TPSA) is 73.6 Å². The number of hydrazone groups is 1. The third-order valence-corrected chi connectivity index (χ3v) is 6.31. The molecule has 0 saturated carbocycles. The first-order valence-corrected chi connectivity index (χ1v) is 8.59. The van der Waals surface area contributed by atoms with Crippen LogP contribution < -0.4 is 0 Å². The van der Waals surface area contributed by atoms with Crippen molar-refractivity contribution < 1.29 is 8.42 Å². The monoisotopic (exact) mass is 295 g/mol. The molecule has 3 rings (SSSR count). The lowest BCUT2D eigenvalue weighted by atomic mass is 10.2. The molecule has 2 heterocycles. The minimum absolute atomic E-state index is 0.0505. The molecule has 0 radical (unpaired) electrons. The molecule has 0 aliphatic carbocycles. The Balaban J connectivity index is 1.81. The Kier molecular flexibility index (Phi) is 3.10. The largest absolute Gasteiger partial charge is 0.277 e. The molecule has 1 N–H and O–H groups in total. The van der Waals surface area contributed by atoms with Crippen LogP contribution in [0, 0.1) is 5.41 Å². The first-order valence-electron chi connectivity index (χ1n) is 5.89. The van der Waals surface area contributed by atoms with Gasteiger partial charge in [0.1, 0.15) is 0 Å². The average Bonchev–Trinajstić information content (AvgIpc) is 2.79. The summed E-state index contributed by atoms with van der Waals surface area (Å²) in [6.45, 7) is 0. The molecule has 2 fully saturated rings. The second-order valence-corrected chi connectivity index (χ2v) is 7.99. The maximum Gasteiger partial charge on any atom is 0.177 e. The standard InChI is InChI=1S/C12H13N3O2S2/c13-12-15(14-6-9-4-2-1-3-5-9)10-7-19(16,17)8-11(10)18-12/h1-6,10-11,13H,7-8H2. The third-order valence-electron chi connectivity index (χ3n) is 3.19. The predicted molar refractivity (Wildman–Crippen MR) is 77.4 cm³/mol. The van der Waals surface area contributed by atoms with Gasteiger partial charge in [0.15, 0.2) is 15.0 Å². The molecule has 2 saturated heterocycles. The zero-order valence-corrected chi connectivity index (χ0v) is 11.7. The molecule has 0 amide bonds. The van der Waals surface area contributed by atoms with Crippen LogP contribution in [0.15, 0.2) is 35.4 Å². The number of hydrogen-bond acceptors (Lipinski definition) is 5. The number of amidine groups is 1. The Morgan fingerprint density at radius 3 is 2.79 bits per heavy atom. The van der Waals surface area contributed by atoms with Crippen LogP contribution in [0.3, 0.4) is 0 Å². The van der Waals surface area contributed by atoms with Crippen LogP contribution >= 0.6 is 11.8 Å². The molecule has 5 nitrogen and oxygen atoms in total. The minimum atomic E-state index is -2.98. The van der Waals surface area contributed by atoms with Gasteiger partial charge in [-0.05, 0) is 5.56 Å². The number of hydrogen-bond donors (Lipinski definition) is 1. The van der Waals surface area contributed by atoms with Crippen molar-refractivity contribution in [2.75, 3.05) is 11.5 Å². The van der Waals surface area contributed by atoms with Crippen LogP contribution in [-0.2, 0) is 9.84 Å². The lowest BCUT2D eigenvalue weighted by Crippen LogP contribution is -2.32. The molecule has 0 bridgehead atoms. The summed E-state index contributed by atoms with van der Waals surface area (Å²) in [6, 6.07) is 9.38. The van der Waals surface area contributed by atoms with E-state index in [0.717, 1.165) is 5.56 Å². The number of nitrogens with zero attached hydrogens (tertiary/aromatic N) is 2. The molecule has 2 atom stereocenters. The van der Waals surface area contributed by atoms with E-state index >= 15 is 0 Å². The van der Waals surface area contributed by atoms with Gasteiger partial charge in [-0.3, -0.25) is 5.41 Å². The summed E-state index contributed by atoms with van der Waals surface area (Å²) in [7, 11) is -2.98. The van der Waals surface area contributed by atoms with Crippen molar-refractivity contribution in [3.05, 3.63) is 35.9 Å². The fourth-order valence-corrected chi connectivity index (χ4v) is 6.01. The molecular weight excluding hydrogens is 282 g/mol. The normalized spacial score (nSPS) is 29.1. The second-order valence-electron chi connectivity index (χ2n) is 4.61. The van der Waals surface area contributed by atoms with E-state index in [2.05, 4.69) is 5.10 Å².